The van der Waals surface area contributed by atoms with Crippen molar-refractivity contribution in [2.45, 2.75) is 40.3 Å². The molecule has 5 nitrogen and oxygen atoms in total. The number of rotatable bonds is 5. The van der Waals surface area contributed by atoms with Gasteiger partial charge in [0.2, 0.25) is 0 Å². The fraction of sp³-hybridized carbons (Fsp3) is 0.240. The number of ether oxygens (including phenoxy) is 1. The highest BCUT2D eigenvalue weighted by atomic mass is 32.1. The van der Waals surface area contributed by atoms with Crippen LogP contribution < -0.4 is 5.56 Å². The van der Waals surface area contributed by atoms with Crippen molar-refractivity contribution in [2.24, 2.45) is 0 Å². The third-order valence-corrected chi connectivity index (χ3v) is 6.12. The summed E-state index contributed by atoms with van der Waals surface area (Å²) in [5, 5.41) is 2.63. The fourth-order valence-electron chi connectivity index (χ4n) is 3.48. The van der Waals surface area contributed by atoms with Crippen molar-refractivity contribution in [3.63, 3.8) is 0 Å². The highest BCUT2D eigenvalue weighted by Crippen LogP contribution is 2.31. The van der Waals surface area contributed by atoms with Gasteiger partial charge in [0.1, 0.15) is 4.83 Å². The number of aryl methyl sites for hydroxylation is 2. The molecule has 0 unspecified atom stereocenters. The Labute approximate surface area is 185 Å². The Kier molecular flexibility index (Phi) is 5.74. The van der Waals surface area contributed by atoms with Crippen molar-refractivity contribution in [3.05, 3.63) is 86.8 Å². The van der Waals surface area contributed by atoms with Gasteiger partial charge >= 0.3 is 5.97 Å². The summed E-state index contributed by atoms with van der Waals surface area (Å²) in [7, 11) is 0. The van der Waals surface area contributed by atoms with Crippen LogP contribution in [0, 0.1) is 13.8 Å². The number of thiophene rings is 1. The first kappa shape index (κ1) is 21.0. The van der Waals surface area contributed by atoms with Crippen LogP contribution >= 0.6 is 11.3 Å². The summed E-state index contributed by atoms with van der Waals surface area (Å²) in [6.45, 7) is 8.10. The number of hydrogen-bond donors (Lipinski definition) is 0. The normalized spacial score (nSPS) is 11.3. The van der Waals surface area contributed by atoms with Crippen LogP contribution in [0.4, 0.5) is 0 Å². The quantitative estimate of drug-likeness (QED) is 0.399. The Hall–Kier alpha value is -3.25. The first-order valence-corrected chi connectivity index (χ1v) is 11.1. The highest BCUT2D eigenvalue weighted by Gasteiger charge is 2.15. The molecule has 0 fully saturated rings. The summed E-state index contributed by atoms with van der Waals surface area (Å²) in [6.07, 6.45) is 1.39. The molecule has 6 heteroatoms. The molecule has 0 N–H and O–H groups in total. The van der Waals surface area contributed by atoms with Crippen LogP contribution in [-0.4, -0.2) is 21.6 Å². The number of carbonyl (C=O) groups is 1. The van der Waals surface area contributed by atoms with Gasteiger partial charge in [-0.05, 0) is 62.1 Å². The van der Waals surface area contributed by atoms with Gasteiger partial charge in [-0.1, -0.05) is 30.3 Å². The van der Waals surface area contributed by atoms with E-state index in [1.54, 1.807) is 29.1 Å². The van der Waals surface area contributed by atoms with Gasteiger partial charge in [0.15, 0.2) is 0 Å². The second kappa shape index (κ2) is 8.47. The molecular weight excluding hydrogens is 408 g/mol. The van der Waals surface area contributed by atoms with Crippen LogP contribution in [-0.2, 0) is 11.3 Å². The van der Waals surface area contributed by atoms with E-state index in [4.69, 9.17) is 4.74 Å². The van der Waals surface area contributed by atoms with E-state index < -0.39 is 0 Å². The molecule has 0 aliphatic rings. The van der Waals surface area contributed by atoms with Crippen LogP contribution in [0.5, 0.6) is 0 Å². The molecule has 4 rings (SSSR count). The minimum absolute atomic E-state index is 0.0883. The standard InChI is InChI=1S/C25H24N2O3S/c1-15(2)30-25(29)20-7-5-6-18(11-20)12-27-14-26-23-22(24(27)28)21(13-31-23)19-9-8-16(3)17(4)10-19/h5-11,13-15H,12H2,1-4H3. The maximum atomic E-state index is 13.3. The maximum Gasteiger partial charge on any atom is 0.338 e. The topological polar surface area (TPSA) is 61.2 Å². The van der Waals surface area contributed by atoms with E-state index in [1.807, 2.05) is 31.4 Å². The van der Waals surface area contributed by atoms with Gasteiger partial charge in [0, 0.05) is 10.9 Å². The molecule has 0 bridgehead atoms. The van der Waals surface area contributed by atoms with Gasteiger partial charge < -0.3 is 4.74 Å². The van der Waals surface area contributed by atoms with E-state index in [1.165, 1.54) is 22.5 Å². The smallest absolute Gasteiger partial charge is 0.338 e. The van der Waals surface area contributed by atoms with Gasteiger partial charge in [-0.15, -0.1) is 11.3 Å². The van der Waals surface area contributed by atoms with Crippen LogP contribution in [0.1, 0.15) is 40.9 Å². The van der Waals surface area contributed by atoms with Crippen LogP contribution in [0.3, 0.4) is 0 Å². The highest BCUT2D eigenvalue weighted by molar-refractivity contribution is 7.17. The van der Waals surface area contributed by atoms with Gasteiger partial charge in [0.25, 0.3) is 5.56 Å². The lowest BCUT2D eigenvalue weighted by Crippen LogP contribution is -2.21. The monoisotopic (exact) mass is 432 g/mol. The van der Waals surface area contributed by atoms with E-state index in [0.717, 1.165) is 21.5 Å². The molecule has 2 aromatic carbocycles. The number of hydrogen-bond acceptors (Lipinski definition) is 5. The molecular formula is C25H24N2O3S. The Balaban J connectivity index is 1.71. The van der Waals surface area contributed by atoms with Gasteiger partial charge in [0.05, 0.1) is 29.9 Å². The Morgan fingerprint density at radius 1 is 1.13 bits per heavy atom. The number of esters is 1. The molecule has 2 aromatic heterocycles. The predicted molar refractivity (Wildman–Crippen MR) is 125 cm³/mol. The minimum atomic E-state index is -0.368. The summed E-state index contributed by atoms with van der Waals surface area (Å²) in [5.41, 5.74) is 5.55. The second-order valence-corrected chi connectivity index (χ2v) is 8.82. The summed E-state index contributed by atoms with van der Waals surface area (Å²) >= 11 is 1.47. The molecule has 0 saturated heterocycles. The lowest BCUT2D eigenvalue weighted by molar-refractivity contribution is 0.0378. The van der Waals surface area contributed by atoms with Gasteiger partial charge in [-0.3, -0.25) is 9.36 Å². The summed E-state index contributed by atoms with van der Waals surface area (Å²) < 4.78 is 6.87. The maximum absolute atomic E-state index is 13.3. The van der Waals surface area contributed by atoms with E-state index in [2.05, 4.69) is 31.0 Å². The average molecular weight is 433 g/mol. The van der Waals surface area contributed by atoms with Crippen molar-refractivity contribution in [2.75, 3.05) is 0 Å². The molecule has 31 heavy (non-hydrogen) atoms. The molecule has 2 heterocycles. The van der Waals surface area contributed by atoms with E-state index in [9.17, 15) is 9.59 Å². The van der Waals surface area contributed by atoms with Crippen LogP contribution in [0.25, 0.3) is 21.3 Å². The zero-order valence-corrected chi connectivity index (χ0v) is 18.8. The zero-order chi connectivity index (χ0) is 22.1. The minimum Gasteiger partial charge on any atom is -0.459 e. The van der Waals surface area contributed by atoms with Crippen LogP contribution in [0.15, 0.2) is 59.0 Å². The Morgan fingerprint density at radius 3 is 2.68 bits per heavy atom. The molecule has 0 aliphatic carbocycles. The lowest BCUT2D eigenvalue weighted by atomic mass is 10.0. The SMILES string of the molecule is Cc1ccc(-c2csc3ncn(Cc4cccc(C(=O)OC(C)C)c4)c(=O)c23)cc1C. The lowest BCUT2D eigenvalue weighted by Gasteiger charge is -2.10. The first-order chi connectivity index (χ1) is 14.8. The summed E-state index contributed by atoms with van der Waals surface area (Å²) in [5.74, 6) is -0.368. The largest absolute Gasteiger partial charge is 0.459 e. The second-order valence-electron chi connectivity index (χ2n) is 7.96. The van der Waals surface area contributed by atoms with Crippen molar-refractivity contribution in [1.82, 2.24) is 9.55 Å². The number of aromatic nitrogens is 2. The third-order valence-electron chi connectivity index (χ3n) is 5.24. The molecule has 158 valence electrons. The fourth-order valence-corrected chi connectivity index (χ4v) is 4.38. The van der Waals surface area contributed by atoms with Crippen molar-refractivity contribution in [1.29, 1.82) is 0 Å². The zero-order valence-electron chi connectivity index (χ0n) is 18.0. The molecule has 4 aromatic rings. The Bertz CT molecular complexity index is 1330. The Morgan fingerprint density at radius 2 is 1.94 bits per heavy atom. The van der Waals surface area contributed by atoms with Crippen LogP contribution in [0.2, 0.25) is 0 Å². The summed E-state index contributed by atoms with van der Waals surface area (Å²) in [4.78, 5) is 30.8. The van der Waals surface area contributed by atoms with E-state index >= 15 is 0 Å². The average Bonchev–Trinajstić information content (AvgIpc) is 3.17. The van der Waals surface area contributed by atoms with E-state index in [-0.39, 0.29) is 17.6 Å². The molecule has 0 radical (unpaired) electrons. The number of carbonyl (C=O) groups excluding carboxylic acids is 1. The number of benzene rings is 2. The van der Waals surface area contributed by atoms with Crippen molar-refractivity contribution >= 4 is 27.5 Å². The van der Waals surface area contributed by atoms with E-state index in [0.29, 0.717) is 17.5 Å². The van der Waals surface area contributed by atoms with Crippen molar-refractivity contribution < 1.29 is 9.53 Å². The molecule has 0 atom stereocenters. The molecule has 0 spiro atoms. The first-order valence-electron chi connectivity index (χ1n) is 10.2. The van der Waals surface area contributed by atoms with Gasteiger partial charge in [-0.2, -0.15) is 0 Å². The van der Waals surface area contributed by atoms with Crippen molar-refractivity contribution in [3.8, 4) is 11.1 Å². The third kappa shape index (κ3) is 4.30. The molecule has 0 saturated carbocycles. The predicted octanol–water partition coefficient (Wildman–Crippen LogP) is 5.36. The molecule has 0 amide bonds. The summed E-state index contributed by atoms with van der Waals surface area (Å²) in [6, 6.07) is 13.4. The number of nitrogens with zero attached hydrogens (tertiary/aromatic N) is 2. The van der Waals surface area contributed by atoms with Gasteiger partial charge in [-0.25, -0.2) is 9.78 Å². The molecule has 0 aliphatic heterocycles. The number of fused-ring (bicyclic) bond motifs is 1.